The van der Waals surface area contributed by atoms with Gasteiger partial charge < -0.3 is 10.2 Å². The lowest BCUT2D eigenvalue weighted by Gasteiger charge is -2.46. The minimum atomic E-state index is -4.73. The molecular weight excluding hydrogens is 277 g/mol. The summed E-state index contributed by atoms with van der Waals surface area (Å²) < 4.78 is 39.8. The van der Waals surface area contributed by atoms with Crippen molar-refractivity contribution in [1.82, 2.24) is 10.2 Å². The van der Waals surface area contributed by atoms with E-state index in [4.69, 9.17) is 0 Å². The Hall–Kier alpha value is -1.31. The van der Waals surface area contributed by atoms with Gasteiger partial charge in [0.25, 0.3) is 0 Å². The van der Waals surface area contributed by atoms with E-state index in [0.717, 1.165) is 12.8 Å². The van der Waals surface area contributed by atoms with Gasteiger partial charge in [0.05, 0.1) is 6.61 Å². The summed E-state index contributed by atoms with van der Waals surface area (Å²) in [6, 6.07) is -0.722. The Morgan fingerprint density at radius 2 is 2.00 bits per heavy atom. The lowest BCUT2D eigenvalue weighted by molar-refractivity contribution is -0.325. The highest BCUT2D eigenvalue weighted by Crippen LogP contribution is 2.44. The first kappa shape index (κ1) is 15.1. The van der Waals surface area contributed by atoms with Crippen LogP contribution in [0.15, 0.2) is 0 Å². The summed E-state index contributed by atoms with van der Waals surface area (Å²) in [4.78, 5) is 25.5. The van der Waals surface area contributed by atoms with Crippen LogP contribution in [0, 0.1) is 5.92 Å². The molecule has 0 aromatic heterocycles. The third-order valence-electron chi connectivity index (χ3n) is 3.96. The molecule has 2 atom stereocenters. The van der Waals surface area contributed by atoms with Crippen LogP contribution in [0.5, 0.6) is 0 Å². The third-order valence-corrected chi connectivity index (χ3v) is 3.96. The predicted octanol–water partition coefficient (Wildman–Crippen LogP) is 1.04. The molecule has 2 unspecified atom stereocenters. The smallest absolute Gasteiger partial charge is 0.343 e. The molecule has 0 aromatic rings. The van der Waals surface area contributed by atoms with Crippen LogP contribution in [0.3, 0.4) is 0 Å². The van der Waals surface area contributed by atoms with Crippen molar-refractivity contribution < 1.29 is 27.5 Å². The van der Waals surface area contributed by atoms with Crippen LogP contribution >= 0.6 is 0 Å². The molecule has 0 spiro atoms. The van der Waals surface area contributed by atoms with Gasteiger partial charge in [0.15, 0.2) is 0 Å². The second-order valence-electron chi connectivity index (χ2n) is 5.40. The highest BCUT2D eigenvalue weighted by atomic mass is 19.4. The molecule has 2 amide bonds. The number of alkyl halides is 3. The van der Waals surface area contributed by atoms with Crippen molar-refractivity contribution in [2.75, 3.05) is 13.2 Å². The lowest BCUT2D eigenvalue weighted by Crippen LogP contribution is -2.70. The summed E-state index contributed by atoms with van der Waals surface area (Å²) >= 11 is 0. The molecule has 1 heterocycles. The Morgan fingerprint density at radius 1 is 1.40 bits per heavy atom. The predicted molar refractivity (Wildman–Crippen MR) is 62.5 cm³/mol. The van der Waals surface area contributed by atoms with Gasteiger partial charge in [-0.3, -0.25) is 14.3 Å². The summed E-state index contributed by atoms with van der Waals surface area (Å²) in [7, 11) is 0. The molecule has 1 saturated carbocycles. The number of rotatable bonds is 4. The summed E-state index contributed by atoms with van der Waals surface area (Å²) in [5, 5.41) is 2.58. The van der Waals surface area contributed by atoms with E-state index in [1.165, 1.54) is 11.8 Å². The topological polar surface area (TPSA) is 58.6 Å². The average Bonchev–Trinajstić information content (AvgIpc) is 3.14. The van der Waals surface area contributed by atoms with Crippen LogP contribution < -0.4 is 5.32 Å². The first-order valence-electron chi connectivity index (χ1n) is 6.49. The largest absolute Gasteiger partial charge is 0.522 e. The van der Waals surface area contributed by atoms with Gasteiger partial charge in [0, 0.05) is 6.54 Å². The monoisotopic (exact) mass is 294 g/mol. The second kappa shape index (κ2) is 4.91. The summed E-state index contributed by atoms with van der Waals surface area (Å²) in [5.74, 6) is -0.672. The number of ether oxygens (including phenoxy) is 1. The number of hydrogen-bond donors (Lipinski definition) is 1. The Labute approximate surface area is 114 Å². The van der Waals surface area contributed by atoms with Crippen LogP contribution in [-0.4, -0.2) is 47.8 Å². The van der Waals surface area contributed by atoms with Crippen molar-refractivity contribution in [2.45, 2.75) is 44.6 Å². The second-order valence-corrected chi connectivity index (χ2v) is 5.40. The first-order valence-corrected chi connectivity index (χ1v) is 6.49. The van der Waals surface area contributed by atoms with E-state index in [2.05, 4.69) is 10.1 Å². The number of carbonyl (C=O) groups is 2. The number of halogens is 3. The van der Waals surface area contributed by atoms with Gasteiger partial charge in [0.2, 0.25) is 11.8 Å². The lowest BCUT2D eigenvalue weighted by atomic mass is 9.88. The van der Waals surface area contributed by atoms with Crippen molar-refractivity contribution in [1.29, 1.82) is 0 Å². The molecule has 5 nitrogen and oxygen atoms in total. The number of carbonyl (C=O) groups excluding carboxylic acids is 2. The normalized spacial score (nSPS) is 31.4. The number of amides is 2. The molecule has 1 saturated heterocycles. The number of nitrogens with zero attached hydrogens (tertiary/aromatic N) is 1. The number of nitrogens with one attached hydrogen (secondary N) is 1. The molecule has 1 N–H and O–H groups in total. The molecular formula is C12H17F3N2O3. The Balaban J connectivity index is 2.11. The highest BCUT2D eigenvalue weighted by molar-refractivity contribution is 5.99. The van der Waals surface area contributed by atoms with E-state index in [1.807, 2.05) is 0 Å². The van der Waals surface area contributed by atoms with Gasteiger partial charge in [-0.25, -0.2) is 0 Å². The molecule has 20 heavy (non-hydrogen) atoms. The van der Waals surface area contributed by atoms with E-state index in [-0.39, 0.29) is 24.3 Å². The molecule has 0 bridgehead atoms. The van der Waals surface area contributed by atoms with Gasteiger partial charge in [-0.1, -0.05) is 0 Å². The van der Waals surface area contributed by atoms with Crippen molar-refractivity contribution in [2.24, 2.45) is 5.92 Å². The fourth-order valence-corrected chi connectivity index (χ4v) is 2.64. The van der Waals surface area contributed by atoms with Gasteiger partial charge in [0.1, 0.15) is 11.6 Å². The van der Waals surface area contributed by atoms with Crippen LogP contribution in [0.25, 0.3) is 0 Å². The number of hydrogen-bond acceptors (Lipinski definition) is 3. The zero-order valence-corrected chi connectivity index (χ0v) is 11.3. The van der Waals surface area contributed by atoms with E-state index >= 15 is 0 Å². The molecule has 2 rings (SSSR count). The maximum absolute atomic E-state index is 12.2. The van der Waals surface area contributed by atoms with Crippen LogP contribution in [0.2, 0.25) is 0 Å². The summed E-state index contributed by atoms with van der Waals surface area (Å²) in [6.07, 6.45) is -3.15. The molecule has 0 radical (unpaired) electrons. The van der Waals surface area contributed by atoms with E-state index in [0.29, 0.717) is 0 Å². The minimum Gasteiger partial charge on any atom is -0.343 e. The van der Waals surface area contributed by atoms with Crippen molar-refractivity contribution in [3.63, 3.8) is 0 Å². The zero-order valence-electron chi connectivity index (χ0n) is 11.3. The Kier molecular flexibility index (Phi) is 3.70. The Bertz CT molecular complexity index is 423. The van der Waals surface area contributed by atoms with Crippen molar-refractivity contribution >= 4 is 11.8 Å². The maximum atomic E-state index is 12.2. The quantitative estimate of drug-likeness (QED) is 0.843. The maximum Gasteiger partial charge on any atom is 0.522 e. The fourth-order valence-electron chi connectivity index (χ4n) is 2.64. The molecule has 8 heteroatoms. The first-order chi connectivity index (χ1) is 9.16. The Morgan fingerprint density at radius 3 is 2.50 bits per heavy atom. The molecule has 2 aliphatic rings. The van der Waals surface area contributed by atoms with Crippen LogP contribution in [0.1, 0.15) is 26.7 Å². The summed E-state index contributed by atoms with van der Waals surface area (Å²) in [5.41, 5.74) is -1.07. The molecule has 0 aromatic carbocycles. The highest BCUT2D eigenvalue weighted by Gasteiger charge is 2.56. The fraction of sp³-hybridized carbons (Fsp3) is 0.833. The number of piperazine rings is 1. The van der Waals surface area contributed by atoms with E-state index < -0.39 is 24.6 Å². The molecule has 1 aliphatic heterocycles. The van der Waals surface area contributed by atoms with Gasteiger partial charge in [-0.05, 0) is 32.6 Å². The minimum absolute atomic E-state index is 0.00448. The summed E-state index contributed by atoms with van der Waals surface area (Å²) in [6.45, 7) is 2.21. The van der Waals surface area contributed by atoms with E-state index in [1.54, 1.807) is 6.92 Å². The molecule has 1 aliphatic carbocycles. The zero-order chi connectivity index (χ0) is 15.1. The van der Waals surface area contributed by atoms with Gasteiger partial charge in [-0.15, -0.1) is 13.2 Å². The van der Waals surface area contributed by atoms with Crippen LogP contribution in [0.4, 0.5) is 13.2 Å². The van der Waals surface area contributed by atoms with Crippen molar-refractivity contribution in [3.8, 4) is 0 Å². The molecule has 114 valence electrons. The average molecular weight is 294 g/mol. The van der Waals surface area contributed by atoms with Gasteiger partial charge >= 0.3 is 6.36 Å². The van der Waals surface area contributed by atoms with Gasteiger partial charge in [-0.2, -0.15) is 0 Å². The van der Waals surface area contributed by atoms with E-state index in [9.17, 15) is 22.8 Å². The SMILES string of the molecule is CC1NC(=O)C(C)(C2CC2)N(CCOC(F)(F)F)C1=O. The molecule has 2 fully saturated rings. The third kappa shape index (κ3) is 2.74. The van der Waals surface area contributed by atoms with Crippen LogP contribution in [-0.2, 0) is 14.3 Å². The standard InChI is InChI=1S/C12H17F3N2O3/c1-7-9(18)17(5-6-20-12(13,14)15)11(2,8-3-4-8)10(19)16-7/h7-8H,3-6H2,1-2H3,(H,16,19). The van der Waals surface area contributed by atoms with Crippen molar-refractivity contribution in [3.05, 3.63) is 0 Å².